The van der Waals surface area contributed by atoms with Gasteiger partial charge in [0.15, 0.2) is 0 Å². The summed E-state index contributed by atoms with van der Waals surface area (Å²) >= 11 is 0. The van der Waals surface area contributed by atoms with Crippen LogP contribution in [0.4, 0.5) is 0 Å². The summed E-state index contributed by atoms with van der Waals surface area (Å²) in [6, 6.07) is 0. The van der Waals surface area contributed by atoms with E-state index < -0.39 is 0 Å². The van der Waals surface area contributed by atoms with Gasteiger partial charge in [0.25, 0.3) is 5.91 Å². The van der Waals surface area contributed by atoms with E-state index in [4.69, 9.17) is 0 Å². The molecule has 0 fully saturated rings. The van der Waals surface area contributed by atoms with Crippen LogP contribution in [-0.4, -0.2) is 24.9 Å². The lowest BCUT2D eigenvalue weighted by Gasteiger charge is -2.01. The van der Waals surface area contributed by atoms with Gasteiger partial charge < -0.3 is 4.90 Å². The van der Waals surface area contributed by atoms with Crippen LogP contribution < -0.4 is 0 Å². The maximum atomic E-state index is 10.6. The van der Waals surface area contributed by atoms with Crippen LogP contribution in [0.3, 0.4) is 0 Å². The van der Waals surface area contributed by atoms with Crippen molar-refractivity contribution >= 4 is 5.91 Å². The molecule has 9 heavy (non-hydrogen) atoms. The molecule has 0 heterocycles. The number of hydrogen-bond acceptors (Lipinski definition) is 1. The normalized spacial score (nSPS) is 7.44. The van der Waals surface area contributed by atoms with Crippen molar-refractivity contribution in [1.82, 2.24) is 4.90 Å². The van der Waals surface area contributed by atoms with E-state index in [-0.39, 0.29) is 5.91 Å². The maximum Gasteiger partial charge on any atom is 0.297 e. The highest BCUT2D eigenvalue weighted by molar-refractivity contribution is 5.93. The minimum atomic E-state index is -0.168. The fourth-order valence-corrected chi connectivity index (χ4v) is 0.250. The Kier molecular flexibility index (Phi) is 3.54. The molecule has 0 rings (SSSR count). The lowest BCUT2D eigenvalue weighted by atomic mass is 10.4. The first-order valence-electron chi connectivity index (χ1n) is 2.68. The average molecular weight is 124 g/mol. The maximum absolute atomic E-state index is 10.6. The smallest absolute Gasteiger partial charge is 0.297 e. The second kappa shape index (κ2) is 3.96. The van der Waals surface area contributed by atoms with Crippen LogP contribution in [-0.2, 0) is 4.79 Å². The summed E-state index contributed by atoms with van der Waals surface area (Å²) in [5.74, 6) is 4.82. The first-order chi connectivity index (χ1) is 4.18. The molecule has 0 aromatic heterocycles. The molecule has 0 aliphatic rings. The van der Waals surface area contributed by atoms with Gasteiger partial charge in [0.05, 0.1) is 0 Å². The number of hydrogen-bond donors (Lipinski definition) is 0. The summed E-state index contributed by atoms with van der Waals surface area (Å²) in [7, 11) is 3.33. The summed E-state index contributed by atoms with van der Waals surface area (Å²) in [6.07, 6.45) is 0.486. The summed E-state index contributed by atoms with van der Waals surface area (Å²) in [4.78, 5) is 12.1. The zero-order valence-electron chi connectivity index (χ0n) is 5.77. The van der Waals surface area contributed by atoms with Crippen molar-refractivity contribution < 1.29 is 4.79 Å². The van der Waals surface area contributed by atoms with E-state index in [0.29, 0.717) is 6.42 Å². The van der Waals surface area contributed by atoms with Gasteiger partial charge in [-0.1, -0.05) is 5.92 Å². The third kappa shape index (κ3) is 3.60. The Morgan fingerprint density at radius 3 is 2.56 bits per heavy atom. The second-order valence-corrected chi connectivity index (χ2v) is 1.75. The van der Waals surface area contributed by atoms with E-state index in [0.717, 1.165) is 0 Å². The van der Waals surface area contributed by atoms with Crippen LogP contribution in [0.1, 0.15) is 6.42 Å². The molecule has 0 saturated carbocycles. The molecule has 0 aliphatic heterocycles. The van der Waals surface area contributed by atoms with E-state index in [2.05, 4.69) is 18.8 Å². The van der Waals surface area contributed by atoms with Crippen molar-refractivity contribution in [2.24, 2.45) is 0 Å². The molecule has 0 aliphatic carbocycles. The van der Waals surface area contributed by atoms with Gasteiger partial charge in [-0.3, -0.25) is 4.79 Å². The van der Waals surface area contributed by atoms with Crippen LogP contribution in [0.5, 0.6) is 0 Å². The molecule has 0 bridgehead atoms. The van der Waals surface area contributed by atoms with Crippen molar-refractivity contribution in [3.63, 3.8) is 0 Å². The molecular formula is C7H10NO. The molecule has 0 aromatic carbocycles. The predicted octanol–water partition coefficient (Wildman–Crippen LogP) is 0.302. The zero-order chi connectivity index (χ0) is 7.28. The largest absolute Gasteiger partial charge is 0.338 e. The molecule has 0 atom stereocenters. The van der Waals surface area contributed by atoms with Gasteiger partial charge >= 0.3 is 0 Å². The van der Waals surface area contributed by atoms with Gasteiger partial charge in [-0.25, -0.2) is 0 Å². The fourth-order valence-electron chi connectivity index (χ4n) is 0.250. The van der Waals surface area contributed by atoms with Gasteiger partial charge in [0.2, 0.25) is 0 Å². The third-order valence-corrected chi connectivity index (χ3v) is 0.727. The van der Waals surface area contributed by atoms with Crippen molar-refractivity contribution in [2.45, 2.75) is 6.42 Å². The number of amides is 1. The molecule has 1 amide bonds. The number of carbonyl (C=O) groups is 1. The number of rotatable bonds is 0. The molecule has 0 unspecified atom stereocenters. The minimum Gasteiger partial charge on any atom is -0.338 e. The Morgan fingerprint density at radius 1 is 1.67 bits per heavy atom. The van der Waals surface area contributed by atoms with Crippen molar-refractivity contribution in [3.8, 4) is 11.8 Å². The van der Waals surface area contributed by atoms with Gasteiger partial charge in [0.1, 0.15) is 0 Å². The van der Waals surface area contributed by atoms with Crippen molar-refractivity contribution in [2.75, 3.05) is 14.1 Å². The Hall–Kier alpha value is -0.970. The highest BCUT2D eigenvalue weighted by Gasteiger charge is 1.94. The molecule has 0 N–H and O–H groups in total. The second-order valence-electron chi connectivity index (χ2n) is 1.75. The monoisotopic (exact) mass is 124 g/mol. The fraction of sp³-hybridized carbons (Fsp3) is 0.429. The van der Waals surface area contributed by atoms with Crippen LogP contribution in [0, 0.1) is 18.8 Å². The van der Waals surface area contributed by atoms with Gasteiger partial charge in [-0.05, 0) is 12.8 Å². The summed E-state index contributed by atoms with van der Waals surface area (Å²) in [6.45, 7) is 3.47. The average Bonchev–Trinajstić information content (AvgIpc) is 1.82. The third-order valence-electron chi connectivity index (χ3n) is 0.727. The molecule has 2 heteroatoms. The summed E-state index contributed by atoms with van der Waals surface area (Å²) < 4.78 is 0. The summed E-state index contributed by atoms with van der Waals surface area (Å²) in [5, 5.41) is 0. The Morgan fingerprint density at radius 2 is 2.22 bits per heavy atom. The van der Waals surface area contributed by atoms with Gasteiger partial charge in [-0.15, -0.1) is 0 Å². The van der Waals surface area contributed by atoms with E-state index in [1.807, 2.05) is 0 Å². The topological polar surface area (TPSA) is 20.3 Å². The van der Waals surface area contributed by atoms with Crippen molar-refractivity contribution in [3.05, 3.63) is 6.92 Å². The standard InChI is InChI=1S/C7H10NO/c1-4-5-6-7(9)8(2)3/h1,4H2,2-3H3. The van der Waals surface area contributed by atoms with E-state index >= 15 is 0 Å². The van der Waals surface area contributed by atoms with E-state index in [1.54, 1.807) is 14.1 Å². The molecule has 0 spiro atoms. The van der Waals surface area contributed by atoms with Crippen LogP contribution >= 0.6 is 0 Å². The molecule has 49 valence electrons. The van der Waals surface area contributed by atoms with Crippen molar-refractivity contribution in [1.29, 1.82) is 0 Å². The first kappa shape index (κ1) is 8.03. The predicted molar refractivity (Wildman–Crippen MR) is 36.4 cm³/mol. The first-order valence-corrected chi connectivity index (χ1v) is 2.68. The zero-order valence-corrected chi connectivity index (χ0v) is 5.77. The Labute approximate surface area is 55.8 Å². The Balaban J connectivity index is 3.77. The minimum absolute atomic E-state index is 0.168. The molecule has 0 aromatic rings. The lowest BCUT2D eigenvalue weighted by Crippen LogP contribution is -2.19. The number of nitrogens with zero attached hydrogens (tertiary/aromatic N) is 1. The van der Waals surface area contributed by atoms with Gasteiger partial charge in [0, 0.05) is 20.5 Å². The lowest BCUT2D eigenvalue weighted by molar-refractivity contribution is -0.122. The SMILES string of the molecule is [CH2]CC#CC(=O)N(C)C. The van der Waals surface area contributed by atoms with Crippen LogP contribution in [0.25, 0.3) is 0 Å². The van der Waals surface area contributed by atoms with E-state index in [9.17, 15) is 4.79 Å². The Bertz CT molecular complexity index is 150. The quantitative estimate of drug-likeness (QED) is 0.425. The number of carbonyl (C=O) groups excluding carboxylic acids is 1. The molecule has 0 saturated heterocycles. The van der Waals surface area contributed by atoms with Crippen LogP contribution in [0.2, 0.25) is 0 Å². The van der Waals surface area contributed by atoms with Gasteiger partial charge in [-0.2, -0.15) is 0 Å². The molecule has 2 nitrogen and oxygen atoms in total. The molecule has 1 radical (unpaired) electrons. The van der Waals surface area contributed by atoms with E-state index in [1.165, 1.54) is 4.90 Å². The molecular weight excluding hydrogens is 114 g/mol. The highest BCUT2D eigenvalue weighted by atomic mass is 16.2. The summed E-state index contributed by atoms with van der Waals surface area (Å²) in [5.41, 5.74) is 0. The van der Waals surface area contributed by atoms with Crippen LogP contribution in [0.15, 0.2) is 0 Å². The highest BCUT2D eigenvalue weighted by Crippen LogP contribution is 1.74.